The van der Waals surface area contributed by atoms with Gasteiger partial charge in [0.05, 0.1) is 6.10 Å². The van der Waals surface area contributed by atoms with E-state index in [1.165, 1.54) is 6.42 Å². The molecule has 0 bridgehead atoms. The first kappa shape index (κ1) is 12.1. The summed E-state index contributed by atoms with van der Waals surface area (Å²) in [6, 6.07) is 0. The minimum atomic E-state index is -2.10. The first-order valence-corrected chi connectivity index (χ1v) is 5.51. The number of unbranched alkanes of at least 4 members (excludes halogenated alkanes) is 2. The van der Waals surface area contributed by atoms with Crippen molar-refractivity contribution in [2.45, 2.75) is 52.1 Å². The molecule has 2 atom stereocenters. The molecule has 0 rings (SSSR count). The highest BCUT2D eigenvalue weighted by Crippen LogP contribution is 2.10. The highest BCUT2D eigenvalue weighted by atomic mass is 32.2. The summed E-state index contributed by atoms with van der Waals surface area (Å²) in [6.07, 6.45) is 5.04. The molecular weight excluding hydrogens is 176 g/mol. The predicted octanol–water partition coefficient (Wildman–Crippen LogP) is 2.50. The van der Waals surface area contributed by atoms with Crippen molar-refractivity contribution in [3.8, 4) is 0 Å². The summed E-state index contributed by atoms with van der Waals surface area (Å²) in [5.74, 6) is 0. The molecule has 0 radical (unpaired) electrons. The van der Waals surface area contributed by atoms with E-state index in [-0.39, 0.29) is 6.10 Å². The van der Waals surface area contributed by atoms with Gasteiger partial charge in [-0.25, -0.2) is 0 Å². The Bertz CT molecular complexity index is 127. The standard InChI is InChI=1S/C8H18O3S/c1-3-5-6-7-8(4-2)11-12(9)10/h8H,3-7H2,1-2H3,(H,9,10). The van der Waals surface area contributed by atoms with Gasteiger partial charge < -0.3 is 0 Å². The van der Waals surface area contributed by atoms with Crippen LogP contribution in [0.15, 0.2) is 0 Å². The molecule has 0 aromatic carbocycles. The minimum Gasteiger partial charge on any atom is -0.284 e. The average molecular weight is 194 g/mol. The molecule has 0 aliphatic heterocycles. The first-order valence-electron chi connectivity index (χ1n) is 4.48. The van der Waals surface area contributed by atoms with Crippen LogP contribution in [0.1, 0.15) is 46.0 Å². The van der Waals surface area contributed by atoms with E-state index < -0.39 is 11.4 Å². The lowest BCUT2D eigenvalue weighted by molar-refractivity contribution is 0.185. The van der Waals surface area contributed by atoms with Gasteiger partial charge in [0.15, 0.2) is 0 Å². The highest BCUT2D eigenvalue weighted by molar-refractivity contribution is 7.74. The van der Waals surface area contributed by atoms with Crippen LogP contribution in [0, 0.1) is 0 Å². The van der Waals surface area contributed by atoms with Crippen LogP contribution in [-0.2, 0) is 15.5 Å². The van der Waals surface area contributed by atoms with Gasteiger partial charge in [0.25, 0.3) is 0 Å². The van der Waals surface area contributed by atoms with Gasteiger partial charge in [0, 0.05) is 0 Å². The van der Waals surface area contributed by atoms with Gasteiger partial charge in [-0.3, -0.25) is 8.74 Å². The van der Waals surface area contributed by atoms with E-state index in [9.17, 15) is 4.21 Å². The smallest absolute Gasteiger partial charge is 0.284 e. The molecular formula is C8H18O3S. The monoisotopic (exact) mass is 194 g/mol. The van der Waals surface area contributed by atoms with E-state index in [1.807, 2.05) is 6.92 Å². The van der Waals surface area contributed by atoms with Gasteiger partial charge in [0.2, 0.25) is 0 Å². The molecule has 2 unspecified atom stereocenters. The highest BCUT2D eigenvalue weighted by Gasteiger charge is 2.08. The van der Waals surface area contributed by atoms with Crippen molar-refractivity contribution in [2.24, 2.45) is 0 Å². The van der Waals surface area contributed by atoms with Crippen LogP contribution in [0.5, 0.6) is 0 Å². The van der Waals surface area contributed by atoms with Crippen molar-refractivity contribution in [1.29, 1.82) is 0 Å². The molecule has 1 N–H and O–H groups in total. The molecule has 12 heavy (non-hydrogen) atoms. The number of hydrogen-bond acceptors (Lipinski definition) is 2. The third kappa shape index (κ3) is 6.76. The zero-order valence-corrected chi connectivity index (χ0v) is 8.60. The van der Waals surface area contributed by atoms with Crippen molar-refractivity contribution >= 4 is 11.4 Å². The number of hydrogen-bond donors (Lipinski definition) is 1. The third-order valence-corrected chi connectivity index (χ3v) is 2.24. The SMILES string of the molecule is CCCCCC(CC)OS(=O)O. The largest absolute Gasteiger partial charge is 0.302 e. The normalized spacial score (nSPS) is 15.9. The molecule has 0 saturated heterocycles. The van der Waals surface area contributed by atoms with Gasteiger partial charge in [-0.15, -0.1) is 0 Å². The predicted molar refractivity (Wildman–Crippen MR) is 50.1 cm³/mol. The first-order chi connectivity index (χ1) is 5.70. The van der Waals surface area contributed by atoms with E-state index in [2.05, 4.69) is 6.92 Å². The summed E-state index contributed by atoms with van der Waals surface area (Å²) in [6.45, 7) is 4.09. The van der Waals surface area contributed by atoms with Crippen molar-refractivity contribution in [1.82, 2.24) is 0 Å². The molecule has 0 fully saturated rings. The second-order valence-electron chi connectivity index (χ2n) is 2.84. The van der Waals surface area contributed by atoms with Crippen molar-refractivity contribution in [3.05, 3.63) is 0 Å². The van der Waals surface area contributed by atoms with Gasteiger partial charge in [-0.2, -0.15) is 4.21 Å². The van der Waals surface area contributed by atoms with Crippen LogP contribution in [0.25, 0.3) is 0 Å². The van der Waals surface area contributed by atoms with Gasteiger partial charge in [-0.1, -0.05) is 33.1 Å². The molecule has 3 nitrogen and oxygen atoms in total. The summed E-state index contributed by atoms with van der Waals surface area (Å²) in [4.78, 5) is 0. The number of rotatable bonds is 7. The van der Waals surface area contributed by atoms with Crippen molar-refractivity contribution < 1.29 is 12.9 Å². The summed E-state index contributed by atoms with van der Waals surface area (Å²) in [5, 5.41) is 0. The fourth-order valence-electron chi connectivity index (χ4n) is 1.06. The Kier molecular flexibility index (Phi) is 7.75. The Morgan fingerprint density at radius 1 is 1.42 bits per heavy atom. The molecule has 0 aliphatic rings. The Morgan fingerprint density at radius 2 is 2.08 bits per heavy atom. The van der Waals surface area contributed by atoms with E-state index >= 15 is 0 Å². The summed E-state index contributed by atoms with van der Waals surface area (Å²) < 4.78 is 23.5. The van der Waals surface area contributed by atoms with Crippen molar-refractivity contribution in [2.75, 3.05) is 0 Å². The Labute approximate surface area is 77.0 Å². The molecule has 0 heterocycles. The van der Waals surface area contributed by atoms with Crippen LogP contribution >= 0.6 is 0 Å². The lowest BCUT2D eigenvalue weighted by Crippen LogP contribution is -2.12. The van der Waals surface area contributed by atoms with E-state index in [1.54, 1.807) is 0 Å². The van der Waals surface area contributed by atoms with Gasteiger partial charge in [0.1, 0.15) is 0 Å². The molecule has 0 aromatic heterocycles. The summed E-state index contributed by atoms with van der Waals surface area (Å²) in [5.41, 5.74) is 0. The zero-order chi connectivity index (χ0) is 9.40. The fraction of sp³-hybridized carbons (Fsp3) is 1.00. The summed E-state index contributed by atoms with van der Waals surface area (Å²) in [7, 11) is 0. The zero-order valence-electron chi connectivity index (χ0n) is 7.78. The topological polar surface area (TPSA) is 46.5 Å². The fourth-order valence-corrected chi connectivity index (χ4v) is 1.52. The summed E-state index contributed by atoms with van der Waals surface area (Å²) >= 11 is -2.10. The Hall–Kier alpha value is 0.0700. The lowest BCUT2D eigenvalue weighted by atomic mass is 10.1. The third-order valence-electron chi connectivity index (χ3n) is 1.80. The lowest BCUT2D eigenvalue weighted by Gasteiger charge is -2.11. The Morgan fingerprint density at radius 3 is 2.50 bits per heavy atom. The minimum absolute atomic E-state index is 0.0533. The maximum absolute atomic E-state index is 10.3. The maximum atomic E-state index is 10.3. The van der Waals surface area contributed by atoms with Crippen LogP contribution in [0.4, 0.5) is 0 Å². The van der Waals surface area contributed by atoms with Gasteiger partial charge >= 0.3 is 11.4 Å². The molecule has 0 aromatic rings. The van der Waals surface area contributed by atoms with Crippen LogP contribution < -0.4 is 0 Å². The van der Waals surface area contributed by atoms with E-state index in [4.69, 9.17) is 8.74 Å². The quantitative estimate of drug-likeness (QED) is 0.500. The van der Waals surface area contributed by atoms with Crippen LogP contribution in [0.3, 0.4) is 0 Å². The van der Waals surface area contributed by atoms with Gasteiger partial charge in [-0.05, 0) is 12.8 Å². The molecule has 4 heteroatoms. The van der Waals surface area contributed by atoms with E-state index in [0.717, 1.165) is 25.7 Å². The molecule has 0 amide bonds. The molecule has 74 valence electrons. The maximum Gasteiger partial charge on any atom is 0.302 e. The van der Waals surface area contributed by atoms with E-state index in [0.29, 0.717) is 0 Å². The second-order valence-corrected chi connectivity index (χ2v) is 3.47. The average Bonchev–Trinajstić information content (AvgIpc) is 2.02. The van der Waals surface area contributed by atoms with Crippen molar-refractivity contribution in [3.63, 3.8) is 0 Å². The molecule has 0 saturated carbocycles. The van der Waals surface area contributed by atoms with Crippen LogP contribution in [-0.4, -0.2) is 14.9 Å². The second kappa shape index (κ2) is 7.71. The molecule has 0 spiro atoms. The van der Waals surface area contributed by atoms with Crippen LogP contribution in [0.2, 0.25) is 0 Å². The Balaban J connectivity index is 3.46. The molecule has 0 aliphatic carbocycles.